The van der Waals surface area contributed by atoms with Gasteiger partial charge in [-0.05, 0) is 65.1 Å². The second-order valence-electron chi connectivity index (χ2n) is 8.41. The van der Waals surface area contributed by atoms with Crippen molar-refractivity contribution >= 4 is 50.6 Å². The van der Waals surface area contributed by atoms with E-state index in [4.69, 9.17) is 0 Å². The smallest absolute Gasteiger partial charge is 0.226 e. The van der Waals surface area contributed by atoms with Crippen molar-refractivity contribution in [1.82, 2.24) is 10.3 Å². The molecular weight excluding hydrogens is 515 g/mol. The van der Waals surface area contributed by atoms with Gasteiger partial charge in [-0.25, -0.2) is 0 Å². The number of aromatic nitrogens is 1. The number of fused-ring (bicyclic) bond motifs is 1. The minimum Gasteiger partial charge on any atom is -0.370 e. The number of nitrogens with one attached hydrogen (secondary N) is 1. The summed E-state index contributed by atoms with van der Waals surface area (Å²) >= 11 is 2.34. The van der Waals surface area contributed by atoms with E-state index in [0.29, 0.717) is 0 Å². The second-order valence-corrected chi connectivity index (χ2v) is 11.7. The lowest BCUT2D eigenvalue weighted by atomic mass is 9.77. The molecule has 7 nitrogen and oxygen atoms in total. The highest BCUT2D eigenvalue weighted by Gasteiger charge is 2.44. The average molecular weight is 540 g/mol. The molecule has 0 aliphatic carbocycles. The fourth-order valence-electron chi connectivity index (χ4n) is 4.95. The molecule has 3 N–H and O–H groups in total. The Bertz CT molecular complexity index is 1020. The molecule has 3 aliphatic heterocycles. The van der Waals surface area contributed by atoms with Gasteiger partial charge in [0.2, 0.25) is 5.91 Å². The highest BCUT2D eigenvalue weighted by molar-refractivity contribution is 14.1. The summed E-state index contributed by atoms with van der Waals surface area (Å²) < 4.78 is 23.2. The first-order valence-electron chi connectivity index (χ1n) is 10.1. The van der Waals surface area contributed by atoms with Crippen LogP contribution in [0.4, 0.5) is 11.4 Å². The minimum atomic E-state index is -2.77. The normalized spacial score (nSPS) is 22.9. The Kier molecular flexibility index (Phi) is 4.92. The van der Waals surface area contributed by atoms with Gasteiger partial charge in [-0.2, -0.15) is 0 Å². The maximum Gasteiger partial charge on any atom is 0.226 e. The lowest BCUT2D eigenvalue weighted by Gasteiger charge is -2.39. The van der Waals surface area contributed by atoms with E-state index in [1.807, 2.05) is 24.5 Å². The third kappa shape index (κ3) is 3.17. The van der Waals surface area contributed by atoms with Crippen LogP contribution in [0, 0.1) is 8.99 Å². The predicted molar refractivity (Wildman–Crippen MR) is 129 cm³/mol. The summed E-state index contributed by atoms with van der Waals surface area (Å²) in [5.41, 5.74) is 4.84. The molecule has 0 radical (unpaired) electrons. The third-order valence-corrected chi connectivity index (χ3v) is 9.36. The maximum absolute atomic E-state index is 12.4. The molecule has 0 atom stereocenters. The maximum atomic E-state index is 12.4. The van der Waals surface area contributed by atoms with E-state index in [1.165, 1.54) is 0 Å². The largest absolute Gasteiger partial charge is 0.370 e. The molecule has 2 saturated heterocycles. The third-order valence-electron chi connectivity index (χ3n) is 6.80. The molecule has 1 spiro atoms. The molecular formula is C21H25IN4O3S. The summed E-state index contributed by atoms with van der Waals surface area (Å²) in [6.45, 7) is 2.48. The van der Waals surface area contributed by atoms with Crippen LogP contribution in [0.2, 0.25) is 0 Å². The number of pyridine rings is 1. The Morgan fingerprint density at radius 1 is 1.20 bits per heavy atom. The quantitative estimate of drug-likeness (QED) is 0.498. The predicted octanol–water partition coefficient (Wildman–Crippen LogP) is 4.08. The first-order chi connectivity index (χ1) is 14.3. The molecule has 3 aliphatic rings. The monoisotopic (exact) mass is 540 g/mol. The molecule has 5 rings (SSSR count). The molecule has 1 aromatic heterocycles. The zero-order chi connectivity index (χ0) is 21.1. The Labute approximate surface area is 191 Å². The summed E-state index contributed by atoms with van der Waals surface area (Å²) in [5, 5.41) is 3.01. The topological polar surface area (TPSA) is 88.9 Å². The SMILES string of the molecule is CN1c2ccc(-c3cncc(I)c3N3CCC4(CCNC4=O)CC3)cc2CS1(O)O. The average Bonchev–Trinajstić information content (AvgIpc) is 3.18. The number of carbonyl (C=O) groups excluding carboxylic acids is 1. The number of nitrogens with zero attached hydrogens (tertiary/aromatic N) is 3. The van der Waals surface area contributed by atoms with Gasteiger partial charge in [0.1, 0.15) is 0 Å². The van der Waals surface area contributed by atoms with Gasteiger partial charge in [0.15, 0.2) is 0 Å². The molecule has 30 heavy (non-hydrogen) atoms. The Morgan fingerprint density at radius 3 is 2.67 bits per heavy atom. The molecule has 0 saturated carbocycles. The van der Waals surface area contributed by atoms with Crippen molar-refractivity contribution in [1.29, 1.82) is 0 Å². The lowest BCUT2D eigenvalue weighted by Crippen LogP contribution is -2.44. The van der Waals surface area contributed by atoms with E-state index < -0.39 is 10.8 Å². The van der Waals surface area contributed by atoms with Crippen LogP contribution in [0.1, 0.15) is 24.8 Å². The van der Waals surface area contributed by atoms with Gasteiger partial charge in [-0.1, -0.05) is 6.07 Å². The number of hydrogen-bond acceptors (Lipinski definition) is 6. The van der Waals surface area contributed by atoms with Gasteiger partial charge < -0.3 is 10.2 Å². The zero-order valence-corrected chi connectivity index (χ0v) is 19.7. The fourth-order valence-corrected chi connectivity index (χ4v) is 7.08. The summed E-state index contributed by atoms with van der Waals surface area (Å²) in [7, 11) is -1.05. The Hall–Kier alpha value is -1.56. The number of benzene rings is 1. The van der Waals surface area contributed by atoms with E-state index >= 15 is 0 Å². The van der Waals surface area contributed by atoms with Crippen molar-refractivity contribution in [2.24, 2.45) is 5.41 Å². The van der Waals surface area contributed by atoms with Crippen molar-refractivity contribution in [3.05, 3.63) is 39.7 Å². The van der Waals surface area contributed by atoms with Crippen LogP contribution in [-0.2, 0) is 10.5 Å². The standard InChI is InChI=1S/C21H25IN4O3S/c1-25-18-3-2-14(10-15(18)13-30(25,28)29)16-11-23-12-17(22)19(16)26-8-5-21(6-9-26)4-7-24-20(21)27/h2-3,10-12,28-29H,4-9,13H2,1H3,(H,24,27). The summed E-state index contributed by atoms with van der Waals surface area (Å²) in [5.74, 6) is 0.467. The van der Waals surface area contributed by atoms with E-state index in [2.05, 4.69) is 43.9 Å². The molecule has 2 fully saturated rings. The number of rotatable bonds is 2. The molecule has 1 aromatic carbocycles. The summed E-state index contributed by atoms with van der Waals surface area (Å²) in [4.78, 5) is 19.2. The highest BCUT2D eigenvalue weighted by atomic mass is 127. The van der Waals surface area contributed by atoms with Crippen molar-refractivity contribution in [3.63, 3.8) is 0 Å². The lowest BCUT2D eigenvalue weighted by molar-refractivity contribution is -0.128. The number of hydrogen-bond donors (Lipinski definition) is 3. The van der Waals surface area contributed by atoms with Gasteiger partial charge in [-0.3, -0.25) is 23.2 Å². The highest BCUT2D eigenvalue weighted by Crippen LogP contribution is 2.56. The first kappa shape index (κ1) is 20.3. The van der Waals surface area contributed by atoms with Gasteiger partial charge in [-0.15, -0.1) is 10.8 Å². The van der Waals surface area contributed by atoms with E-state index in [9.17, 15) is 13.9 Å². The van der Waals surface area contributed by atoms with Crippen molar-refractivity contribution < 1.29 is 13.9 Å². The van der Waals surface area contributed by atoms with Crippen LogP contribution in [0.3, 0.4) is 0 Å². The van der Waals surface area contributed by atoms with Gasteiger partial charge in [0.05, 0.1) is 26.1 Å². The summed E-state index contributed by atoms with van der Waals surface area (Å²) in [6, 6.07) is 6.05. The van der Waals surface area contributed by atoms with Crippen LogP contribution in [0.15, 0.2) is 30.6 Å². The summed E-state index contributed by atoms with van der Waals surface area (Å²) in [6.07, 6.45) is 6.44. The van der Waals surface area contributed by atoms with Crippen LogP contribution in [-0.4, -0.2) is 46.7 Å². The minimum absolute atomic E-state index is 0.193. The zero-order valence-electron chi connectivity index (χ0n) is 16.8. The van der Waals surface area contributed by atoms with Gasteiger partial charge in [0.25, 0.3) is 0 Å². The van der Waals surface area contributed by atoms with Crippen molar-refractivity contribution in [2.45, 2.75) is 25.0 Å². The molecule has 2 aromatic rings. The number of carbonyl (C=O) groups is 1. The van der Waals surface area contributed by atoms with Crippen molar-refractivity contribution in [2.75, 3.05) is 35.9 Å². The number of amides is 1. The van der Waals surface area contributed by atoms with Crippen molar-refractivity contribution in [3.8, 4) is 11.1 Å². The van der Waals surface area contributed by atoms with Crippen LogP contribution < -0.4 is 14.5 Å². The van der Waals surface area contributed by atoms with Crippen LogP contribution in [0.5, 0.6) is 0 Å². The van der Waals surface area contributed by atoms with E-state index in [-0.39, 0.29) is 17.1 Å². The molecule has 1 amide bonds. The fraction of sp³-hybridized carbons (Fsp3) is 0.429. The molecule has 0 unspecified atom stereocenters. The van der Waals surface area contributed by atoms with Crippen LogP contribution >= 0.6 is 33.4 Å². The Balaban J connectivity index is 1.48. The molecule has 0 bridgehead atoms. The Morgan fingerprint density at radius 2 is 1.97 bits per heavy atom. The van der Waals surface area contributed by atoms with Gasteiger partial charge >= 0.3 is 0 Å². The molecule has 4 heterocycles. The number of halogens is 1. The second kappa shape index (κ2) is 7.25. The molecule has 9 heteroatoms. The van der Waals surface area contributed by atoms with E-state index in [1.54, 1.807) is 11.4 Å². The first-order valence-corrected chi connectivity index (χ1v) is 12.9. The molecule has 160 valence electrons. The number of piperidine rings is 1. The van der Waals surface area contributed by atoms with Crippen LogP contribution in [0.25, 0.3) is 11.1 Å². The van der Waals surface area contributed by atoms with E-state index in [0.717, 1.165) is 70.5 Å². The number of anilines is 2. The van der Waals surface area contributed by atoms with Gasteiger partial charge in [0, 0.05) is 44.6 Å².